The van der Waals surface area contributed by atoms with Crippen LogP contribution in [0.1, 0.15) is 11.1 Å². The molecule has 0 fully saturated rings. The molecule has 1 aromatic heterocycles. The minimum Gasteiger partial charge on any atom is -0.467 e. The predicted octanol–water partition coefficient (Wildman–Crippen LogP) is 1.09. The standard InChI is InChI=1S/C12H16N6O/c1-8-5-3-4-6-9(8)7-14-10-15-11(18-13)17-12(16-10)19-2/h3-6H,7,13H2,1-2H3,(H2,14,15,16,17,18). The number of hydrogen-bond acceptors (Lipinski definition) is 7. The maximum Gasteiger partial charge on any atom is 0.322 e. The van der Waals surface area contributed by atoms with Gasteiger partial charge >= 0.3 is 6.01 Å². The van der Waals surface area contributed by atoms with E-state index in [9.17, 15) is 0 Å². The van der Waals surface area contributed by atoms with E-state index < -0.39 is 0 Å². The van der Waals surface area contributed by atoms with Gasteiger partial charge in [-0.3, -0.25) is 5.43 Å². The summed E-state index contributed by atoms with van der Waals surface area (Å²) in [6.07, 6.45) is 0. The first kappa shape index (κ1) is 13.0. The van der Waals surface area contributed by atoms with Crippen LogP contribution in [-0.4, -0.2) is 22.1 Å². The fourth-order valence-corrected chi connectivity index (χ4v) is 1.57. The molecule has 0 amide bonds. The summed E-state index contributed by atoms with van der Waals surface area (Å²) in [6, 6.07) is 8.29. The van der Waals surface area contributed by atoms with E-state index in [-0.39, 0.29) is 12.0 Å². The Kier molecular flexibility index (Phi) is 4.09. The van der Waals surface area contributed by atoms with Crippen molar-refractivity contribution in [2.75, 3.05) is 17.9 Å². The summed E-state index contributed by atoms with van der Waals surface area (Å²) >= 11 is 0. The fraction of sp³-hybridized carbons (Fsp3) is 0.250. The van der Waals surface area contributed by atoms with E-state index in [0.29, 0.717) is 12.5 Å². The molecule has 19 heavy (non-hydrogen) atoms. The van der Waals surface area contributed by atoms with Gasteiger partial charge in [-0.25, -0.2) is 5.84 Å². The molecule has 0 aliphatic rings. The van der Waals surface area contributed by atoms with Crippen molar-refractivity contribution in [3.8, 4) is 6.01 Å². The Morgan fingerprint density at radius 1 is 1.16 bits per heavy atom. The summed E-state index contributed by atoms with van der Waals surface area (Å²) in [6.45, 7) is 2.67. The van der Waals surface area contributed by atoms with Crippen LogP contribution in [0.25, 0.3) is 0 Å². The van der Waals surface area contributed by atoms with Gasteiger partial charge in [0.25, 0.3) is 0 Å². The van der Waals surface area contributed by atoms with Crippen LogP contribution in [0.4, 0.5) is 11.9 Å². The molecule has 0 aliphatic carbocycles. The molecule has 0 unspecified atom stereocenters. The van der Waals surface area contributed by atoms with Crippen LogP contribution >= 0.6 is 0 Å². The van der Waals surface area contributed by atoms with Gasteiger partial charge in [-0.15, -0.1) is 0 Å². The zero-order chi connectivity index (χ0) is 13.7. The van der Waals surface area contributed by atoms with Crippen molar-refractivity contribution in [1.29, 1.82) is 0 Å². The molecule has 0 radical (unpaired) electrons. The van der Waals surface area contributed by atoms with Crippen molar-refractivity contribution in [3.05, 3.63) is 35.4 Å². The number of aryl methyl sites for hydroxylation is 1. The monoisotopic (exact) mass is 260 g/mol. The van der Waals surface area contributed by atoms with Gasteiger partial charge in [0.1, 0.15) is 0 Å². The van der Waals surface area contributed by atoms with Gasteiger partial charge in [-0.05, 0) is 18.1 Å². The number of methoxy groups -OCH3 is 1. The van der Waals surface area contributed by atoms with Gasteiger partial charge in [0.15, 0.2) is 0 Å². The van der Waals surface area contributed by atoms with Crippen LogP contribution in [0.2, 0.25) is 0 Å². The van der Waals surface area contributed by atoms with E-state index in [0.717, 1.165) is 0 Å². The molecule has 2 rings (SSSR count). The number of ether oxygens (including phenoxy) is 1. The van der Waals surface area contributed by atoms with E-state index in [4.69, 9.17) is 10.6 Å². The lowest BCUT2D eigenvalue weighted by Gasteiger charge is -2.09. The Bertz CT molecular complexity index is 537. The largest absolute Gasteiger partial charge is 0.467 e. The zero-order valence-electron chi connectivity index (χ0n) is 10.8. The quantitative estimate of drug-likeness (QED) is 0.546. The van der Waals surface area contributed by atoms with Crippen LogP contribution in [0.5, 0.6) is 6.01 Å². The van der Waals surface area contributed by atoms with Crippen LogP contribution < -0.4 is 21.3 Å². The molecule has 0 saturated carbocycles. The number of rotatable bonds is 5. The lowest BCUT2D eigenvalue weighted by Crippen LogP contribution is -2.14. The number of hydrazine groups is 1. The van der Waals surface area contributed by atoms with Gasteiger partial charge in [0, 0.05) is 6.54 Å². The molecular formula is C12H16N6O. The Hall–Kier alpha value is -2.41. The number of anilines is 2. The van der Waals surface area contributed by atoms with E-state index in [2.05, 4.69) is 38.7 Å². The Morgan fingerprint density at radius 3 is 2.58 bits per heavy atom. The smallest absolute Gasteiger partial charge is 0.322 e. The van der Waals surface area contributed by atoms with Crippen LogP contribution in [-0.2, 0) is 6.54 Å². The van der Waals surface area contributed by atoms with Gasteiger partial charge in [0.05, 0.1) is 7.11 Å². The summed E-state index contributed by atoms with van der Waals surface area (Å²) in [4.78, 5) is 12.1. The molecule has 0 aliphatic heterocycles. The average Bonchev–Trinajstić information content (AvgIpc) is 2.46. The summed E-state index contributed by atoms with van der Waals surface area (Å²) < 4.78 is 4.98. The van der Waals surface area contributed by atoms with Crippen molar-refractivity contribution in [2.24, 2.45) is 5.84 Å². The molecule has 1 aromatic carbocycles. The highest BCUT2D eigenvalue weighted by Gasteiger charge is 2.06. The van der Waals surface area contributed by atoms with E-state index in [1.165, 1.54) is 18.2 Å². The highest BCUT2D eigenvalue weighted by Crippen LogP contribution is 2.12. The van der Waals surface area contributed by atoms with Crippen molar-refractivity contribution in [3.63, 3.8) is 0 Å². The van der Waals surface area contributed by atoms with Gasteiger partial charge < -0.3 is 10.1 Å². The third-order valence-corrected chi connectivity index (χ3v) is 2.62. The third kappa shape index (κ3) is 3.29. The second kappa shape index (κ2) is 5.96. The molecule has 0 spiro atoms. The molecule has 1 heterocycles. The van der Waals surface area contributed by atoms with E-state index in [1.807, 2.05) is 18.2 Å². The minimum atomic E-state index is 0.204. The number of nitrogens with zero attached hydrogens (tertiary/aromatic N) is 3. The second-order valence-electron chi connectivity index (χ2n) is 3.89. The first-order valence-corrected chi connectivity index (χ1v) is 5.78. The van der Waals surface area contributed by atoms with Crippen LogP contribution in [0.15, 0.2) is 24.3 Å². The van der Waals surface area contributed by atoms with Crippen molar-refractivity contribution >= 4 is 11.9 Å². The predicted molar refractivity (Wildman–Crippen MR) is 72.7 cm³/mol. The third-order valence-electron chi connectivity index (χ3n) is 2.62. The molecule has 7 nitrogen and oxygen atoms in total. The van der Waals surface area contributed by atoms with Crippen molar-refractivity contribution in [2.45, 2.75) is 13.5 Å². The van der Waals surface area contributed by atoms with E-state index in [1.54, 1.807) is 0 Å². The Morgan fingerprint density at radius 2 is 1.89 bits per heavy atom. The number of hydrogen-bond donors (Lipinski definition) is 3. The molecule has 0 saturated heterocycles. The Labute approximate surface area is 111 Å². The first-order valence-electron chi connectivity index (χ1n) is 5.78. The van der Waals surface area contributed by atoms with Crippen molar-refractivity contribution < 1.29 is 4.74 Å². The maximum atomic E-state index is 5.29. The lowest BCUT2D eigenvalue weighted by molar-refractivity contribution is 0.379. The molecule has 100 valence electrons. The topological polar surface area (TPSA) is 98.0 Å². The first-order chi connectivity index (χ1) is 9.22. The average molecular weight is 260 g/mol. The second-order valence-corrected chi connectivity index (χ2v) is 3.89. The number of nitrogen functional groups attached to an aromatic ring is 1. The molecule has 0 atom stereocenters. The number of aromatic nitrogens is 3. The number of nitrogens with one attached hydrogen (secondary N) is 2. The summed E-state index contributed by atoms with van der Waals surface area (Å²) in [7, 11) is 1.49. The molecule has 7 heteroatoms. The van der Waals surface area contributed by atoms with Crippen LogP contribution in [0, 0.1) is 6.92 Å². The molecular weight excluding hydrogens is 244 g/mol. The molecule has 4 N–H and O–H groups in total. The Balaban J connectivity index is 2.13. The van der Waals surface area contributed by atoms with Gasteiger partial charge in [-0.2, -0.15) is 15.0 Å². The van der Waals surface area contributed by atoms with Gasteiger partial charge in [-0.1, -0.05) is 24.3 Å². The SMILES string of the molecule is COc1nc(NN)nc(NCc2ccccc2C)n1. The minimum absolute atomic E-state index is 0.204. The van der Waals surface area contributed by atoms with E-state index >= 15 is 0 Å². The number of benzene rings is 1. The van der Waals surface area contributed by atoms with Crippen LogP contribution in [0.3, 0.4) is 0 Å². The maximum absolute atomic E-state index is 5.29. The van der Waals surface area contributed by atoms with Crippen molar-refractivity contribution in [1.82, 2.24) is 15.0 Å². The fourth-order valence-electron chi connectivity index (χ4n) is 1.57. The zero-order valence-corrected chi connectivity index (χ0v) is 10.8. The summed E-state index contributed by atoms with van der Waals surface area (Å²) in [5.74, 6) is 5.94. The summed E-state index contributed by atoms with van der Waals surface area (Å²) in [5, 5.41) is 3.11. The highest BCUT2D eigenvalue weighted by atomic mass is 16.5. The number of nitrogens with two attached hydrogens (primary N) is 1. The molecule has 0 bridgehead atoms. The normalized spacial score (nSPS) is 10.1. The molecule has 2 aromatic rings. The van der Waals surface area contributed by atoms with Gasteiger partial charge in [0.2, 0.25) is 11.9 Å². The highest BCUT2D eigenvalue weighted by molar-refractivity contribution is 5.37. The lowest BCUT2D eigenvalue weighted by atomic mass is 10.1. The summed E-state index contributed by atoms with van der Waals surface area (Å²) in [5.41, 5.74) is 4.74.